The lowest BCUT2D eigenvalue weighted by molar-refractivity contribution is 0.489. The highest BCUT2D eigenvalue weighted by Crippen LogP contribution is 2.35. The Bertz CT molecular complexity index is 868. The van der Waals surface area contributed by atoms with E-state index in [1.54, 1.807) is 30.3 Å². The molecule has 0 aromatic heterocycles. The Morgan fingerprint density at radius 3 is 2.48 bits per heavy atom. The molecule has 102 valence electrons. The Morgan fingerprint density at radius 2 is 1.71 bits per heavy atom. The lowest BCUT2D eigenvalue weighted by Crippen LogP contribution is -1.91. The summed E-state index contributed by atoms with van der Waals surface area (Å²) in [6, 6.07) is 18.3. The molecule has 21 heavy (non-hydrogen) atoms. The molecule has 0 unspecified atom stereocenters. The summed E-state index contributed by atoms with van der Waals surface area (Å²) in [6.45, 7) is 0. The molecule has 0 heterocycles. The number of nitrogens with two attached hydrogens (primary N) is 1. The predicted octanol–water partition coefficient (Wildman–Crippen LogP) is 4.74. The number of hydrogen-bond acceptors (Lipinski definition) is 3. The van der Waals surface area contributed by atoms with Gasteiger partial charge in [0.05, 0.1) is 16.7 Å². The van der Waals surface area contributed by atoms with Crippen molar-refractivity contribution in [1.29, 1.82) is 5.26 Å². The highest BCUT2D eigenvalue weighted by atomic mass is 35.5. The molecule has 2 N–H and O–H groups in total. The molecule has 0 fully saturated rings. The van der Waals surface area contributed by atoms with Gasteiger partial charge in [-0.05, 0) is 24.3 Å². The van der Waals surface area contributed by atoms with Crippen molar-refractivity contribution in [2.45, 2.75) is 0 Å². The summed E-state index contributed by atoms with van der Waals surface area (Å²) >= 11 is 6.12. The summed E-state index contributed by atoms with van der Waals surface area (Å²) in [5.74, 6) is 1.13. The van der Waals surface area contributed by atoms with E-state index in [9.17, 15) is 0 Å². The number of fused-ring (bicyclic) bond motifs is 1. The van der Waals surface area contributed by atoms with Crippen molar-refractivity contribution in [2.24, 2.45) is 0 Å². The molecule has 0 radical (unpaired) electrons. The fourth-order valence-corrected chi connectivity index (χ4v) is 2.33. The van der Waals surface area contributed by atoms with Gasteiger partial charge in [0.1, 0.15) is 11.5 Å². The van der Waals surface area contributed by atoms with Gasteiger partial charge in [0.2, 0.25) is 0 Å². The molecule has 3 aromatic carbocycles. The van der Waals surface area contributed by atoms with Gasteiger partial charge in [0, 0.05) is 22.5 Å². The maximum atomic E-state index is 9.17. The minimum absolute atomic E-state index is 0.484. The number of hydrogen-bond donors (Lipinski definition) is 1. The molecular weight excluding hydrogens is 284 g/mol. The molecule has 0 aliphatic carbocycles. The van der Waals surface area contributed by atoms with Gasteiger partial charge in [-0.2, -0.15) is 5.26 Å². The SMILES string of the molecule is N#Cc1ccc(Oc2cc(N)ccc2Cl)c2ccccc12. The van der Waals surface area contributed by atoms with Crippen LogP contribution in [0.4, 0.5) is 5.69 Å². The zero-order valence-electron chi connectivity index (χ0n) is 11.0. The molecule has 0 aliphatic rings. The number of nitrogens with zero attached hydrogens (tertiary/aromatic N) is 1. The summed E-state index contributed by atoms with van der Waals surface area (Å²) in [5, 5.41) is 11.4. The maximum absolute atomic E-state index is 9.17. The van der Waals surface area contributed by atoms with Crippen molar-refractivity contribution in [3.8, 4) is 17.6 Å². The van der Waals surface area contributed by atoms with E-state index in [4.69, 9.17) is 27.3 Å². The molecule has 0 saturated heterocycles. The summed E-state index contributed by atoms with van der Waals surface area (Å²) in [7, 11) is 0. The molecule has 0 saturated carbocycles. The van der Waals surface area contributed by atoms with Crippen molar-refractivity contribution in [3.05, 3.63) is 65.2 Å². The van der Waals surface area contributed by atoms with E-state index >= 15 is 0 Å². The van der Waals surface area contributed by atoms with E-state index in [-0.39, 0.29) is 0 Å². The van der Waals surface area contributed by atoms with Gasteiger partial charge in [0.15, 0.2) is 0 Å². The molecule has 0 spiro atoms. The van der Waals surface area contributed by atoms with E-state index in [2.05, 4.69) is 6.07 Å². The number of benzene rings is 3. The van der Waals surface area contributed by atoms with Crippen LogP contribution in [0.3, 0.4) is 0 Å². The van der Waals surface area contributed by atoms with Crippen molar-refractivity contribution in [1.82, 2.24) is 0 Å². The average Bonchev–Trinajstić information content (AvgIpc) is 2.51. The van der Waals surface area contributed by atoms with Gasteiger partial charge in [-0.25, -0.2) is 0 Å². The minimum Gasteiger partial charge on any atom is -0.455 e. The Labute approximate surface area is 127 Å². The van der Waals surface area contributed by atoms with Gasteiger partial charge in [-0.1, -0.05) is 35.9 Å². The number of halogens is 1. The molecular formula is C17H11ClN2O. The topological polar surface area (TPSA) is 59.0 Å². The number of ether oxygens (including phenoxy) is 1. The smallest absolute Gasteiger partial charge is 0.148 e. The fraction of sp³-hybridized carbons (Fsp3) is 0. The quantitative estimate of drug-likeness (QED) is 0.694. The number of rotatable bonds is 2. The predicted molar refractivity (Wildman–Crippen MR) is 84.6 cm³/mol. The molecule has 4 heteroatoms. The third-order valence-corrected chi connectivity index (χ3v) is 3.49. The van der Waals surface area contributed by atoms with Crippen LogP contribution in [-0.2, 0) is 0 Å². The molecule has 0 bridgehead atoms. The number of nitrogen functional groups attached to an aromatic ring is 1. The van der Waals surface area contributed by atoms with E-state index in [1.807, 2.05) is 24.3 Å². The molecule has 0 atom stereocenters. The van der Waals surface area contributed by atoms with Crippen LogP contribution in [0.5, 0.6) is 11.5 Å². The highest BCUT2D eigenvalue weighted by Gasteiger charge is 2.09. The standard InChI is InChI=1S/C17H11ClN2O/c18-15-7-6-12(20)9-17(15)21-16-8-5-11(10-19)13-3-1-2-4-14(13)16/h1-9H,20H2. The second kappa shape index (κ2) is 5.35. The van der Waals surface area contributed by atoms with E-state index in [0.29, 0.717) is 27.8 Å². The average molecular weight is 295 g/mol. The highest BCUT2D eigenvalue weighted by molar-refractivity contribution is 6.32. The number of nitriles is 1. The first-order chi connectivity index (χ1) is 10.2. The first-order valence-electron chi connectivity index (χ1n) is 6.34. The van der Waals surface area contributed by atoms with Crippen molar-refractivity contribution < 1.29 is 4.74 Å². The normalized spacial score (nSPS) is 10.3. The van der Waals surface area contributed by atoms with Gasteiger partial charge in [-0.3, -0.25) is 0 Å². The zero-order valence-corrected chi connectivity index (χ0v) is 11.8. The lowest BCUT2D eigenvalue weighted by Gasteiger charge is -2.11. The molecule has 3 aromatic rings. The minimum atomic E-state index is 0.484. The van der Waals surface area contributed by atoms with Crippen LogP contribution in [0.2, 0.25) is 5.02 Å². The van der Waals surface area contributed by atoms with E-state index in [0.717, 1.165) is 10.8 Å². The van der Waals surface area contributed by atoms with Crippen LogP contribution in [0.1, 0.15) is 5.56 Å². The van der Waals surface area contributed by atoms with Crippen LogP contribution < -0.4 is 10.5 Å². The molecule has 0 aliphatic heterocycles. The first kappa shape index (κ1) is 13.3. The van der Waals surface area contributed by atoms with Gasteiger partial charge < -0.3 is 10.5 Å². The Kier molecular flexibility index (Phi) is 3.39. The maximum Gasteiger partial charge on any atom is 0.148 e. The second-order valence-electron chi connectivity index (χ2n) is 4.56. The summed E-state index contributed by atoms with van der Waals surface area (Å²) in [4.78, 5) is 0. The lowest BCUT2D eigenvalue weighted by atomic mass is 10.0. The van der Waals surface area contributed by atoms with E-state index < -0.39 is 0 Å². The molecule has 3 rings (SSSR count). The summed E-state index contributed by atoms with van der Waals surface area (Å²) < 4.78 is 5.88. The third-order valence-electron chi connectivity index (χ3n) is 3.18. The van der Waals surface area contributed by atoms with Crippen LogP contribution in [0, 0.1) is 11.3 Å². The van der Waals surface area contributed by atoms with Crippen molar-refractivity contribution >= 4 is 28.1 Å². The third kappa shape index (κ3) is 2.49. The summed E-state index contributed by atoms with van der Waals surface area (Å²) in [5.41, 5.74) is 6.94. The molecule has 3 nitrogen and oxygen atoms in total. The van der Waals surface area contributed by atoms with Crippen LogP contribution in [0.15, 0.2) is 54.6 Å². The first-order valence-corrected chi connectivity index (χ1v) is 6.71. The van der Waals surface area contributed by atoms with Gasteiger partial charge >= 0.3 is 0 Å². The van der Waals surface area contributed by atoms with E-state index in [1.165, 1.54) is 0 Å². The monoisotopic (exact) mass is 294 g/mol. The van der Waals surface area contributed by atoms with Crippen LogP contribution in [0.25, 0.3) is 10.8 Å². The van der Waals surface area contributed by atoms with Crippen LogP contribution >= 0.6 is 11.6 Å². The number of anilines is 1. The molecule has 0 amide bonds. The Hall–Kier alpha value is -2.70. The summed E-state index contributed by atoms with van der Waals surface area (Å²) in [6.07, 6.45) is 0. The van der Waals surface area contributed by atoms with Gasteiger partial charge in [0.25, 0.3) is 0 Å². The Balaban J connectivity index is 2.14. The largest absolute Gasteiger partial charge is 0.455 e. The Morgan fingerprint density at radius 1 is 0.952 bits per heavy atom. The van der Waals surface area contributed by atoms with Gasteiger partial charge in [-0.15, -0.1) is 0 Å². The fourth-order valence-electron chi connectivity index (χ4n) is 2.17. The van der Waals surface area contributed by atoms with Crippen molar-refractivity contribution in [2.75, 3.05) is 5.73 Å². The zero-order chi connectivity index (χ0) is 14.8. The van der Waals surface area contributed by atoms with Crippen molar-refractivity contribution in [3.63, 3.8) is 0 Å². The second-order valence-corrected chi connectivity index (χ2v) is 4.97. The van der Waals surface area contributed by atoms with Crippen LogP contribution in [-0.4, -0.2) is 0 Å².